The van der Waals surface area contributed by atoms with Gasteiger partial charge in [0, 0.05) is 17.3 Å². The maximum atomic E-state index is 12.4. The summed E-state index contributed by atoms with van der Waals surface area (Å²) in [5.41, 5.74) is 3.53. The molecule has 8 nitrogen and oxygen atoms in total. The number of amides is 1. The molecule has 1 aromatic heterocycles. The Morgan fingerprint density at radius 3 is 2.82 bits per heavy atom. The van der Waals surface area contributed by atoms with Gasteiger partial charge >= 0.3 is 12.2 Å². The third kappa shape index (κ3) is 3.36. The predicted octanol–water partition coefficient (Wildman–Crippen LogP) is 3.73. The van der Waals surface area contributed by atoms with Crippen molar-refractivity contribution in [2.45, 2.75) is 32.0 Å². The average Bonchev–Trinajstić information content (AvgIpc) is 3.11. The SMILES string of the molecule is CC1CC(NC(=O)OCc2ccccc2)c2c(ccc3c2ncn3C(=O)O)N1. The van der Waals surface area contributed by atoms with Gasteiger partial charge < -0.3 is 20.5 Å². The van der Waals surface area contributed by atoms with Crippen LogP contribution in [0.2, 0.25) is 0 Å². The Hall–Kier alpha value is -3.55. The van der Waals surface area contributed by atoms with Gasteiger partial charge in [-0.25, -0.2) is 19.1 Å². The molecule has 28 heavy (non-hydrogen) atoms. The van der Waals surface area contributed by atoms with Crippen LogP contribution < -0.4 is 10.6 Å². The lowest BCUT2D eigenvalue weighted by Gasteiger charge is -2.31. The zero-order valence-corrected chi connectivity index (χ0v) is 15.3. The Morgan fingerprint density at radius 2 is 2.07 bits per heavy atom. The Balaban J connectivity index is 1.59. The molecule has 144 valence electrons. The van der Waals surface area contributed by atoms with E-state index in [1.54, 1.807) is 6.07 Å². The monoisotopic (exact) mass is 380 g/mol. The van der Waals surface area contributed by atoms with Gasteiger partial charge in [0.2, 0.25) is 0 Å². The number of benzene rings is 2. The number of alkyl carbamates (subject to hydrolysis) is 1. The van der Waals surface area contributed by atoms with Crippen LogP contribution in [0.4, 0.5) is 15.3 Å². The number of nitrogens with one attached hydrogen (secondary N) is 2. The molecule has 2 aromatic carbocycles. The van der Waals surface area contributed by atoms with Gasteiger partial charge in [-0.15, -0.1) is 0 Å². The van der Waals surface area contributed by atoms with Gasteiger partial charge in [0.25, 0.3) is 0 Å². The van der Waals surface area contributed by atoms with E-state index in [2.05, 4.69) is 15.6 Å². The lowest BCUT2D eigenvalue weighted by Crippen LogP contribution is -2.36. The molecule has 3 N–H and O–H groups in total. The molecule has 0 fully saturated rings. The van der Waals surface area contributed by atoms with Crippen molar-refractivity contribution in [3.63, 3.8) is 0 Å². The molecule has 2 unspecified atom stereocenters. The van der Waals surface area contributed by atoms with Crippen LogP contribution in [0.1, 0.15) is 30.5 Å². The molecule has 8 heteroatoms. The summed E-state index contributed by atoms with van der Waals surface area (Å²) < 4.78 is 6.41. The zero-order valence-electron chi connectivity index (χ0n) is 15.3. The number of imidazole rings is 1. The van der Waals surface area contributed by atoms with E-state index in [4.69, 9.17) is 4.74 Å². The smallest absolute Gasteiger partial charge is 0.417 e. The van der Waals surface area contributed by atoms with Crippen molar-refractivity contribution < 1.29 is 19.4 Å². The summed E-state index contributed by atoms with van der Waals surface area (Å²) in [6.45, 7) is 2.20. The molecule has 4 rings (SSSR count). The molecule has 3 aromatic rings. The molecular formula is C20H20N4O4. The van der Waals surface area contributed by atoms with Crippen molar-refractivity contribution in [1.29, 1.82) is 0 Å². The molecule has 2 heterocycles. The van der Waals surface area contributed by atoms with Crippen LogP contribution >= 0.6 is 0 Å². The third-order valence-electron chi connectivity index (χ3n) is 4.81. The van der Waals surface area contributed by atoms with Gasteiger partial charge in [-0.2, -0.15) is 0 Å². The summed E-state index contributed by atoms with van der Waals surface area (Å²) in [5, 5.41) is 15.6. The number of hydrogen-bond donors (Lipinski definition) is 3. The number of hydrogen-bond acceptors (Lipinski definition) is 5. The normalized spacial score (nSPS) is 18.2. The molecule has 0 bridgehead atoms. The summed E-state index contributed by atoms with van der Waals surface area (Å²) in [6.07, 6.45) is 0.276. The summed E-state index contributed by atoms with van der Waals surface area (Å²) in [7, 11) is 0. The minimum Gasteiger partial charge on any atom is -0.464 e. The molecule has 1 amide bonds. The van der Waals surface area contributed by atoms with Crippen molar-refractivity contribution in [2.24, 2.45) is 0 Å². The van der Waals surface area contributed by atoms with E-state index >= 15 is 0 Å². The van der Waals surface area contributed by atoms with Gasteiger partial charge in [-0.05, 0) is 31.0 Å². The number of aromatic nitrogens is 2. The third-order valence-corrected chi connectivity index (χ3v) is 4.81. The van der Waals surface area contributed by atoms with Crippen molar-refractivity contribution in [2.75, 3.05) is 5.32 Å². The van der Waals surface area contributed by atoms with Gasteiger partial charge in [0.05, 0.1) is 17.1 Å². The molecule has 0 spiro atoms. The lowest BCUT2D eigenvalue weighted by atomic mass is 9.92. The maximum Gasteiger partial charge on any atom is 0.417 e. The number of anilines is 1. The molecular weight excluding hydrogens is 360 g/mol. The highest BCUT2D eigenvalue weighted by Crippen LogP contribution is 2.37. The summed E-state index contributed by atoms with van der Waals surface area (Å²) in [6, 6.07) is 12.8. The van der Waals surface area contributed by atoms with Crippen LogP contribution in [0.3, 0.4) is 0 Å². The highest BCUT2D eigenvalue weighted by atomic mass is 16.5. The second-order valence-corrected chi connectivity index (χ2v) is 6.83. The fraction of sp³-hybridized carbons (Fsp3) is 0.250. The van der Waals surface area contributed by atoms with Gasteiger partial charge in [-0.1, -0.05) is 30.3 Å². The summed E-state index contributed by atoms with van der Waals surface area (Å²) in [4.78, 5) is 28.0. The van der Waals surface area contributed by atoms with Crippen LogP contribution in [-0.4, -0.2) is 32.9 Å². The number of fused-ring (bicyclic) bond motifs is 3. The highest BCUT2D eigenvalue weighted by Gasteiger charge is 2.29. The van der Waals surface area contributed by atoms with Gasteiger partial charge in [0.1, 0.15) is 12.9 Å². The lowest BCUT2D eigenvalue weighted by molar-refractivity contribution is 0.134. The predicted molar refractivity (Wildman–Crippen MR) is 103 cm³/mol. The second kappa shape index (κ2) is 7.22. The van der Waals surface area contributed by atoms with Crippen LogP contribution in [0, 0.1) is 0 Å². The molecule has 1 aliphatic heterocycles. The maximum absolute atomic E-state index is 12.4. The van der Waals surface area contributed by atoms with Crippen molar-refractivity contribution >= 4 is 28.9 Å². The molecule has 0 saturated heterocycles. The fourth-order valence-corrected chi connectivity index (χ4v) is 3.57. The minimum atomic E-state index is -1.11. The number of carboxylic acid groups (broad SMARTS) is 1. The first-order valence-electron chi connectivity index (χ1n) is 9.00. The molecule has 0 saturated carbocycles. The number of ether oxygens (including phenoxy) is 1. The van der Waals surface area contributed by atoms with Gasteiger partial charge in [-0.3, -0.25) is 0 Å². The zero-order chi connectivity index (χ0) is 19.7. The number of carbonyl (C=O) groups is 2. The molecule has 0 aliphatic carbocycles. The Morgan fingerprint density at radius 1 is 1.29 bits per heavy atom. The Bertz CT molecular complexity index is 1030. The number of carbonyl (C=O) groups excluding carboxylic acids is 1. The van der Waals surface area contributed by atoms with Gasteiger partial charge in [0.15, 0.2) is 0 Å². The van der Waals surface area contributed by atoms with E-state index in [9.17, 15) is 14.7 Å². The average molecular weight is 380 g/mol. The minimum absolute atomic E-state index is 0.130. The van der Waals surface area contributed by atoms with Crippen molar-refractivity contribution in [3.8, 4) is 0 Å². The summed E-state index contributed by atoms with van der Waals surface area (Å²) in [5.74, 6) is 0. The Labute approximate surface area is 161 Å². The summed E-state index contributed by atoms with van der Waals surface area (Å²) >= 11 is 0. The van der Waals surface area contributed by atoms with Crippen LogP contribution in [0.15, 0.2) is 48.8 Å². The number of rotatable bonds is 3. The quantitative estimate of drug-likeness (QED) is 0.639. The highest BCUT2D eigenvalue weighted by molar-refractivity contribution is 5.91. The Kier molecular flexibility index (Phi) is 4.60. The molecule has 2 atom stereocenters. The standard InChI is InChI=1S/C20H20N4O4/c1-12-9-15(23-19(25)28-10-13-5-3-2-4-6-13)17-14(22-12)7-8-16-18(17)21-11-24(16)20(26)27/h2-8,11-12,15,22H,9-10H2,1H3,(H,23,25)(H,26,27). The van der Waals surface area contributed by atoms with Crippen LogP contribution in [-0.2, 0) is 11.3 Å². The fourth-order valence-electron chi connectivity index (χ4n) is 3.57. The van der Waals surface area contributed by atoms with E-state index in [0.717, 1.165) is 21.4 Å². The van der Waals surface area contributed by atoms with Crippen molar-refractivity contribution in [3.05, 3.63) is 59.9 Å². The van der Waals surface area contributed by atoms with Crippen LogP contribution in [0.5, 0.6) is 0 Å². The number of nitrogens with zero attached hydrogens (tertiary/aromatic N) is 2. The van der Waals surface area contributed by atoms with Crippen molar-refractivity contribution in [1.82, 2.24) is 14.9 Å². The molecule has 0 radical (unpaired) electrons. The first-order chi connectivity index (χ1) is 13.5. The van der Waals surface area contributed by atoms with E-state index in [1.165, 1.54) is 6.33 Å². The topological polar surface area (TPSA) is 105 Å². The van der Waals surface area contributed by atoms with E-state index in [1.807, 2.05) is 43.3 Å². The first-order valence-corrected chi connectivity index (χ1v) is 9.00. The first kappa shape index (κ1) is 17.8. The largest absolute Gasteiger partial charge is 0.464 e. The van der Waals surface area contributed by atoms with E-state index < -0.39 is 12.2 Å². The second-order valence-electron chi connectivity index (χ2n) is 6.83. The molecule has 1 aliphatic rings. The van der Waals surface area contributed by atoms with E-state index in [-0.39, 0.29) is 18.7 Å². The van der Waals surface area contributed by atoms with E-state index in [0.29, 0.717) is 17.5 Å². The van der Waals surface area contributed by atoms with Crippen LogP contribution in [0.25, 0.3) is 11.0 Å².